The number of benzene rings is 1. The van der Waals surface area contributed by atoms with E-state index < -0.39 is 11.6 Å². The quantitative estimate of drug-likeness (QED) is 0.595. The van der Waals surface area contributed by atoms with Gasteiger partial charge in [-0.1, -0.05) is 18.5 Å². The highest BCUT2D eigenvalue weighted by molar-refractivity contribution is 6.31. The molecule has 0 bridgehead atoms. The van der Waals surface area contributed by atoms with Crippen LogP contribution in [0.5, 0.6) is 0 Å². The van der Waals surface area contributed by atoms with Gasteiger partial charge in [0.25, 0.3) is 0 Å². The van der Waals surface area contributed by atoms with Gasteiger partial charge >= 0.3 is 0 Å². The summed E-state index contributed by atoms with van der Waals surface area (Å²) in [6.45, 7) is 3.26. The second-order valence-corrected chi connectivity index (χ2v) is 3.01. The largest absolute Gasteiger partial charge is 0.207 e. The minimum Gasteiger partial charge on any atom is -0.207 e. The van der Waals surface area contributed by atoms with E-state index in [9.17, 15) is 8.78 Å². The number of rotatable bonds is 1. The van der Waals surface area contributed by atoms with E-state index >= 15 is 0 Å². The third kappa shape index (κ3) is 1.44. The van der Waals surface area contributed by atoms with Crippen LogP contribution in [-0.2, 0) is 6.42 Å². The van der Waals surface area contributed by atoms with Gasteiger partial charge in [0.05, 0.1) is 5.02 Å². The highest BCUT2D eigenvalue weighted by Gasteiger charge is 2.12. The molecule has 0 aliphatic rings. The summed E-state index contributed by atoms with van der Waals surface area (Å²) in [4.78, 5) is 0. The number of halogens is 3. The van der Waals surface area contributed by atoms with Gasteiger partial charge in [0.2, 0.25) is 0 Å². The van der Waals surface area contributed by atoms with Crippen molar-refractivity contribution in [1.82, 2.24) is 0 Å². The van der Waals surface area contributed by atoms with Crippen LogP contribution in [0, 0.1) is 18.6 Å². The molecule has 0 fully saturated rings. The molecule has 0 N–H and O–H groups in total. The van der Waals surface area contributed by atoms with E-state index in [2.05, 4.69) is 0 Å². The van der Waals surface area contributed by atoms with Gasteiger partial charge in [-0.05, 0) is 25.0 Å². The topological polar surface area (TPSA) is 0 Å². The SMILES string of the molecule is CCc1c(F)cc(C)c(Cl)c1F. The minimum atomic E-state index is -0.628. The molecule has 1 rings (SSSR count). The monoisotopic (exact) mass is 190 g/mol. The molecule has 0 spiro atoms. The molecule has 0 aliphatic carbocycles. The van der Waals surface area contributed by atoms with Crippen LogP contribution in [0.4, 0.5) is 8.78 Å². The molecule has 0 radical (unpaired) electrons. The lowest BCUT2D eigenvalue weighted by Gasteiger charge is -2.05. The molecule has 0 atom stereocenters. The lowest BCUT2D eigenvalue weighted by Crippen LogP contribution is -1.96. The fraction of sp³-hybridized carbons (Fsp3) is 0.333. The Morgan fingerprint density at radius 3 is 2.50 bits per heavy atom. The summed E-state index contributed by atoms with van der Waals surface area (Å²) in [6.07, 6.45) is 0.317. The first kappa shape index (κ1) is 9.46. The Kier molecular flexibility index (Phi) is 2.68. The van der Waals surface area contributed by atoms with E-state index in [0.717, 1.165) is 0 Å². The van der Waals surface area contributed by atoms with Crippen molar-refractivity contribution in [2.24, 2.45) is 0 Å². The van der Waals surface area contributed by atoms with E-state index in [1.54, 1.807) is 13.8 Å². The molecule has 0 aromatic heterocycles. The normalized spacial score (nSPS) is 10.4. The van der Waals surface area contributed by atoms with Crippen molar-refractivity contribution in [1.29, 1.82) is 0 Å². The van der Waals surface area contributed by atoms with E-state index in [4.69, 9.17) is 11.6 Å². The summed E-state index contributed by atoms with van der Waals surface area (Å²) in [6, 6.07) is 1.25. The second-order valence-electron chi connectivity index (χ2n) is 2.64. The van der Waals surface area contributed by atoms with Crippen molar-refractivity contribution in [3.63, 3.8) is 0 Å². The predicted molar refractivity (Wildman–Crippen MR) is 45.5 cm³/mol. The summed E-state index contributed by atoms with van der Waals surface area (Å²) in [5, 5.41) is 0.0215. The Hall–Kier alpha value is -0.630. The maximum absolute atomic E-state index is 13.2. The molecule has 1 aromatic carbocycles. The van der Waals surface area contributed by atoms with Crippen molar-refractivity contribution in [2.75, 3.05) is 0 Å². The molecule has 12 heavy (non-hydrogen) atoms. The zero-order valence-corrected chi connectivity index (χ0v) is 7.67. The van der Waals surface area contributed by atoms with Crippen LogP contribution >= 0.6 is 11.6 Å². The molecule has 0 saturated heterocycles. The Balaban J connectivity index is 3.40. The van der Waals surface area contributed by atoms with Crippen LogP contribution in [0.2, 0.25) is 5.02 Å². The summed E-state index contributed by atoms with van der Waals surface area (Å²) in [5.74, 6) is -1.14. The van der Waals surface area contributed by atoms with Crippen LogP contribution in [-0.4, -0.2) is 0 Å². The standard InChI is InChI=1S/C9H9ClF2/c1-3-6-7(11)4-5(2)8(10)9(6)12/h4H,3H2,1-2H3. The molecule has 0 saturated carbocycles. The highest BCUT2D eigenvalue weighted by Crippen LogP contribution is 2.25. The minimum absolute atomic E-state index is 0.0215. The maximum Gasteiger partial charge on any atom is 0.148 e. The van der Waals surface area contributed by atoms with E-state index in [0.29, 0.717) is 12.0 Å². The van der Waals surface area contributed by atoms with Crippen molar-refractivity contribution >= 4 is 11.6 Å². The van der Waals surface area contributed by atoms with Crippen LogP contribution in [0.25, 0.3) is 0 Å². The Morgan fingerprint density at radius 2 is 2.00 bits per heavy atom. The zero-order valence-electron chi connectivity index (χ0n) is 6.92. The molecule has 1 aromatic rings. The molecule has 66 valence electrons. The molecular weight excluding hydrogens is 182 g/mol. The first-order valence-corrected chi connectivity index (χ1v) is 4.08. The Morgan fingerprint density at radius 1 is 1.42 bits per heavy atom. The first-order chi connectivity index (χ1) is 5.57. The van der Waals surface area contributed by atoms with E-state index in [-0.39, 0.29) is 10.6 Å². The molecule has 0 unspecified atom stereocenters. The fourth-order valence-corrected chi connectivity index (χ4v) is 1.24. The molecule has 0 heterocycles. The molecule has 0 aliphatic heterocycles. The van der Waals surface area contributed by atoms with Gasteiger partial charge in [-0.25, -0.2) is 8.78 Å². The van der Waals surface area contributed by atoms with Crippen molar-refractivity contribution in [2.45, 2.75) is 20.3 Å². The Bertz CT molecular complexity index is 308. The van der Waals surface area contributed by atoms with E-state index in [1.807, 2.05) is 0 Å². The van der Waals surface area contributed by atoms with Gasteiger partial charge < -0.3 is 0 Å². The van der Waals surface area contributed by atoms with Gasteiger partial charge in [0, 0.05) is 5.56 Å². The first-order valence-electron chi connectivity index (χ1n) is 3.70. The van der Waals surface area contributed by atoms with E-state index in [1.165, 1.54) is 6.07 Å². The molecule has 3 heteroatoms. The van der Waals surface area contributed by atoms with Gasteiger partial charge in [0.1, 0.15) is 11.6 Å². The average Bonchev–Trinajstić information content (AvgIpc) is 2.01. The Labute approximate surface area is 75.2 Å². The van der Waals surface area contributed by atoms with Gasteiger partial charge in [-0.2, -0.15) is 0 Å². The van der Waals surface area contributed by atoms with Gasteiger partial charge in [-0.15, -0.1) is 0 Å². The van der Waals surface area contributed by atoms with Crippen molar-refractivity contribution < 1.29 is 8.78 Å². The number of aryl methyl sites for hydroxylation is 1. The smallest absolute Gasteiger partial charge is 0.148 e. The number of hydrogen-bond donors (Lipinski definition) is 0. The second kappa shape index (κ2) is 3.40. The van der Waals surface area contributed by atoms with Crippen LogP contribution < -0.4 is 0 Å². The molecule has 0 amide bonds. The highest BCUT2D eigenvalue weighted by atomic mass is 35.5. The van der Waals surface area contributed by atoms with Crippen molar-refractivity contribution in [3.8, 4) is 0 Å². The molecule has 0 nitrogen and oxygen atoms in total. The summed E-state index contributed by atoms with van der Waals surface area (Å²) >= 11 is 5.59. The zero-order chi connectivity index (χ0) is 9.30. The lowest BCUT2D eigenvalue weighted by atomic mass is 10.1. The third-order valence-electron chi connectivity index (χ3n) is 1.79. The van der Waals surface area contributed by atoms with Crippen LogP contribution in [0.3, 0.4) is 0 Å². The number of hydrogen-bond acceptors (Lipinski definition) is 0. The third-order valence-corrected chi connectivity index (χ3v) is 2.25. The summed E-state index contributed by atoms with van der Waals surface area (Å²) in [7, 11) is 0. The van der Waals surface area contributed by atoms with Crippen LogP contribution in [0.15, 0.2) is 6.07 Å². The predicted octanol–water partition coefficient (Wildman–Crippen LogP) is 3.49. The average molecular weight is 191 g/mol. The summed E-state index contributed by atoms with van der Waals surface area (Å²) in [5.41, 5.74) is 0.495. The lowest BCUT2D eigenvalue weighted by molar-refractivity contribution is 0.557. The van der Waals surface area contributed by atoms with Gasteiger partial charge in [0.15, 0.2) is 0 Å². The maximum atomic E-state index is 13.2. The van der Waals surface area contributed by atoms with Gasteiger partial charge in [-0.3, -0.25) is 0 Å². The summed E-state index contributed by atoms with van der Waals surface area (Å²) < 4.78 is 26.1. The fourth-order valence-electron chi connectivity index (χ4n) is 1.08. The van der Waals surface area contributed by atoms with Crippen LogP contribution in [0.1, 0.15) is 18.1 Å². The van der Waals surface area contributed by atoms with Crippen molar-refractivity contribution in [3.05, 3.63) is 33.9 Å². The molecular formula is C9H9ClF2.